The topological polar surface area (TPSA) is 83.1 Å². The van der Waals surface area contributed by atoms with Crippen LogP contribution in [0.1, 0.15) is 23.2 Å². The second kappa shape index (κ2) is 11.7. The van der Waals surface area contributed by atoms with Gasteiger partial charge >= 0.3 is 12.2 Å². The average Bonchev–Trinajstić information content (AvgIpc) is 2.88. The fraction of sp³-hybridized carbons (Fsp3) is 0.107. The maximum absolute atomic E-state index is 14.7. The summed E-state index contributed by atoms with van der Waals surface area (Å²) in [6, 6.07) is 16.3. The molecule has 1 heterocycles. The molecule has 4 rings (SSSR count). The number of nitrogens with zero attached hydrogens (tertiary/aromatic N) is 1. The quantitative estimate of drug-likeness (QED) is 0.205. The van der Waals surface area contributed by atoms with Crippen LogP contribution in [0.3, 0.4) is 0 Å². The molecule has 0 bridgehead atoms. The molecule has 3 amide bonds. The second-order valence-electron chi connectivity index (χ2n) is 8.67. The number of para-hydroxylation sites is 1. The van der Waals surface area contributed by atoms with Crippen molar-refractivity contribution < 1.29 is 31.5 Å². The van der Waals surface area contributed by atoms with Gasteiger partial charge in [0.1, 0.15) is 17.2 Å². The van der Waals surface area contributed by atoms with Crippen LogP contribution in [0.4, 0.5) is 38.1 Å². The van der Waals surface area contributed by atoms with E-state index in [1.165, 1.54) is 24.3 Å². The molecule has 3 N–H and O–H groups in total. The summed E-state index contributed by atoms with van der Waals surface area (Å²) in [5, 5.41) is 7.65. The van der Waals surface area contributed by atoms with E-state index in [2.05, 4.69) is 20.9 Å². The lowest BCUT2D eigenvalue weighted by Gasteiger charge is -2.35. The van der Waals surface area contributed by atoms with Crippen LogP contribution in [0.15, 0.2) is 91.1 Å². The van der Waals surface area contributed by atoms with Gasteiger partial charge in [0.25, 0.3) is 0 Å². The summed E-state index contributed by atoms with van der Waals surface area (Å²) >= 11 is 5.97. The first-order chi connectivity index (χ1) is 18.9. The lowest BCUT2D eigenvalue weighted by Crippen LogP contribution is -2.51. The average molecular weight is 575 g/mol. The number of urea groups is 1. The third-order valence-electron chi connectivity index (χ3n) is 5.78. The van der Waals surface area contributed by atoms with Crippen molar-refractivity contribution in [3.63, 3.8) is 0 Å². The highest BCUT2D eigenvalue weighted by Crippen LogP contribution is 2.38. The fourth-order valence-corrected chi connectivity index (χ4v) is 4.15. The van der Waals surface area contributed by atoms with Gasteiger partial charge in [-0.05, 0) is 66.2 Å². The predicted molar refractivity (Wildman–Crippen MR) is 140 cm³/mol. The number of benzene rings is 3. The Morgan fingerprint density at radius 1 is 0.775 bits per heavy atom. The molecule has 0 unspecified atom stereocenters. The molecule has 0 aliphatic carbocycles. The van der Waals surface area contributed by atoms with Crippen molar-refractivity contribution in [2.24, 2.45) is 0 Å². The van der Waals surface area contributed by atoms with Crippen LogP contribution in [-0.2, 0) is 16.5 Å². The molecule has 6 nitrogen and oxygen atoms in total. The van der Waals surface area contributed by atoms with E-state index in [1.807, 2.05) is 0 Å². The number of amides is 3. The van der Waals surface area contributed by atoms with Gasteiger partial charge in [-0.3, -0.25) is 9.78 Å². The molecule has 0 radical (unpaired) electrons. The van der Waals surface area contributed by atoms with Crippen LogP contribution in [0.25, 0.3) is 0 Å². The van der Waals surface area contributed by atoms with Crippen LogP contribution >= 0.6 is 11.6 Å². The standard InChI is InChI=1S/C28H20ClF5N4O2/c29-19-9-10-24(35-16-19)27(15-25(39)36-22-6-2-1-3-7-22,17-11-18(28(32,33)34)13-21(31)12-17)38-26(40)37-23-8-4-5-20(30)14-23/h1-14,16H,15H2,(H,36,39)(H2,37,38,40)/t27-/m0/s1. The number of hydrogen-bond donors (Lipinski definition) is 3. The van der Waals surface area contributed by atoms with Gasteiger partial charge in [-0.15, -0.1) is 0 Å². The van der Waals surface area contributed by atoms with Gasteiger partial charge in [0.2, 0.25) is 5.91 Å². The minimum atomic E-state index is -4.95. The third-order valence-corrected chi connectivity index (χ3v) is 6.00. The fourth-order valence-electron chi connectivity index (χ4n) is 4.04. The molecule has 0 aliphatic heterocycles. The second-order valence-corrected chi connectivity index (χ2v) is 9.11. The molecule has 1 atom stereocenters. The summed E-state index contributed by atoms with van der Waals surface area (Å²) < 4.78 is 69.5. The smallest absolute Gasteiger partial charge is 0.326 e. The summed E-state index contributed by atoms with van der Waals surface area (Å²) in [7, 11) is 0. The van der Waals surface area contributed by atoms with Crippen molar-refractivity contribution in [1.29, 1.82) is 0 Å². The molecule has 4 aromatic rings. The highest BCUT2D eigenvalue weighted by Gasteiger charge is 2.42. The molecular weight excluding hydrogens is 555 g/mol. The molecule has 206 valence electrons. The van der Waals surface area contributed by atoms with Crippen LogP contribution in [0, 0.1) is 11.6 Å². The van der Waals surface area contributed by atoms with E-state index in [-0.39, 0.29) is 16.4 Å². The first kappa shape index (κ1) is 28.5. The molecule has 0 fully saturated rings. The summed E-state index contributed by atoms with van der Waals surface area (Å²) in [6.07, 6.45) is -4.50. The largest absolute Gasteiger partial charge is 0.416 e. The van der Waals surface area contributed by atoms with Gasteiger partial charge in [0.05, 0.1) is 22.7 Å². The van der Waals surface area contributed by atoms with Crippen molar-refractivity contribution in [2.75, 3.05) is 10.6 Å². The van der Waals surface area contributed by atoms with E-state index in [9.17, 15) is 31.5 Å². The summed E-state index contributed by atoms with van der Waals surface area (Å²) in [5.41, 5.74) is -3.66. The van der Waals surface area contributed by atoms with Gasteiger partial charge in [-0.2, -0.15) is 13.2 Å². The first-order valence-corrected chi connectivity index (χ1v) is 12.0. The van der Waals surface area contributed by atoms with Crippen LogP contribution in [0.5, 0.6) is 0 Å². The van der Waals surface area contributed by atoms with Gasteiger partial charge in [0, 0.05) is 17.6 Å². The van der Waals surface area contributed by atoms with Crippen molar-refractivity contribution >= 4 is 34.9 Å². The molecule has 40 heavy (non-hydrogen) atoms. The summed E-state index contributed by atoms with van der Waals surface area (Å²) in [5.74, 6) is -2.67. The zero-order chi connectivity index (χ0) is 28.9. The number of aromatic nitrogens is 1. The van der Waals surface area contributed by atoms with Crippen molar-refractivity contribution in [2.45, 2.75) is 18.1 Å². The minimum absolute atomic E-state index is 0.0134. The molecule has 1 aromatic heterocycles. The Bertz CT molecular complexity index is 1520. The van der Waals surface area contributed by atoms with E-state index in [0.29, 0.717) is 17.8 Å². The van der Waals surface area contributed by atoms with E-state index in [0.717, 1.165) is 24.4 Å². The van der Waals surface area contributed by atoms with E-state index in [4.69, 9.17) is 11.6 Å². The molecule has 3 aromatic carbocycles. The highest BCUT2D eigenvalue weighted by atomic mass is 35.5. The normalized spacial score (nSPS) is 12.8. The first-order valence-electron chi connectivity index (χ1n) is 11.6. The minimum Gasteiger partial charge on any atom is -0.326 e. The zero-order valence-corrected chi connectivity index (χ0v) is 21.2. The van der Waals surface area contributed by atoms with Crippen LogP contribution < -0.4 is 16.0 Å². The number of pyridine rings is 1. The predicted octanol–water partition coefficient (Wildman–Crippen LogP) is 7.13. The van der Waals surface area contributed by atoms with Crippen molar-refractivity contribution in [3.05, 3.63) is 125 Å². The zero-order valence-electron chi connectivity index (χ0n) is 20.4. The Morgan fingerprint density at radius 3 is 2.12 bits per heavy atom. The van der Waals surface area contributed by atoms with Crippen molar-refractivity contribution in [3.8, 4) is 0 Å². The Labute approximate surface area is 230 Å². The molecule has 0 spiro atoms. The Balaban J connectivity index is 1.86. The van der Waals surface area contributed by atoms with Gasteiger partial charge in [0.15, 0.2) is 0 Å². The van der Waals surface area contributed by atoms with Gasteiger partial charge in [-0.1, -0.05) is 35.9 Å². The van der Waals surface area contributed by atoms with Crippen LogP contribution in [-0.4, -0.2) is 16.9 Å². The lowest BCUT2D eigenvalue weighted by atomic mass is 9.81. The molecule has 0 aliphatic rings. The number of carbonyl (C=O) groups is 2. The monoisotopic (exact) mass is 574 g/mol. The third kappa shape index (κ3) is 6.92. The number of nitrogens with one attached hydrogen (secondary N) is 3. The number of rotatable bonds is 7. The number of carbonyl (C=O) groups excluding carboxylic acids is 2. The van der Waals surface area contributed by atoms with E-state index >= 15 is 0 Å². The Hall–Kier alpha value is -4.51. The van der Waals surface area contributed by atoms with Gasteiger partial charge < -0.3 is 16.0 Å². The number of alkyl halides is 3. The Morgan fingerprint density at radius 2 is 1.48 bits per heavy atom. The molecule has 0 saturated carbocycles. The number of hydrogen-bond acceptors (Lipinski definition) is 3. The molecular formula is C28H20ClF5N4O2. The maximum atomic E-state index is 14.7. The molecule has 12 heteroatoms. The van der Waals surface area contributed by atoms with Crippen LogP contribution in [0.2, 0.25) is 5.02 Å². The van der Waals surface area contributed by atoms with E-state index in [1.54, 1.807) is 30.3 Å². The number of anilines is 2. The lowest BCUT2D eigenvalue weighted by molar-refractivity contribution is -0.137. The summed E-state index contributed by atoms with van der Waals surface area (Å²) in [4.78, 5) is 30.7. The summed E-state index contributed by atoms with van der Waals surface area (Å²) in [6.45, 7) is 0. The maximum Gasteiger partial charge on any atom is 0.416 e. The van der Waals surface area contributed by atoms with Crippen molar-refractivity contribution in [1.82, 2.24) is 10.3 Å². The van der Waals surface area contributed by atoms with E-state index < -0.39 is 52.8 Å². The highest BCUT2D eigenvalue weighted by molar-refractivity contribution is 6.30. The van der Waals surface area contributed by atoms with Gasteiger partial charge in [-0.25, -0.2) is 13.6 Å². The number of halogens is 6. The molecule has 0 saturated heterocycles. The Kier molecular flexibility index (Phi) is 8.34. The SMILES string of the molecule is O=C(C[C@](NC(=O)Nc1cccc(F)c1)(c1cc(F)cc(C(F)(F)F)c1)c1ccc(Cl)cn1)Nc1ccccc1.